The largest absolute Gasteiger partial charge is 0.466 e. The summed E-state index contributed by atoms with van der Waals surface area (Å²) in [6.07, 6.45) is 85.4. The van der Waals surface area contributed by atoms with Crippen LogP contribution < -0.4 is 5.32 Å². The van der Waals surface area contributed by atoms with Gasteiger partial charge in [0, 0.05) is 12.8 Å². The number of hydrogen-bond acceptors (Lipinski definition) is 5. The molecule has 0 rings (SSSR count). The van der Waals surface area contributed by atoms with E-state index in [0.717, 1.165) is 44.9 Å². The molecule has 0 aliphatic rings. The molecule has 0 aromatic rings. The summed E-state index contributed by atoms with van der Waals surface area (Å²) in [5.74, 6) is -0.0519. The molecule has 0 bridgehead atoms. The summed E-state index contributed by atoms with van der Waals surface area (Å²) >= 11 is 0. The molecule has 0 heterocycles. The lowest BCUT2D eigenvalue weighted by atomic mass is 10.0. The van der Waals surface area contributed by atoms with Crippen LogP contribution in [0.15, 0.2) is 24.3 Å². The second-order valence-corrected chi connectivity index (χ2v) is 24.6. The van der Waals surface area contributed by atoms with E-state index in [-0.39, 0.29) is 18.5 Å². The molecule has 78 heavy (non-hydrogen) atoms. The molecule has 2 unspecified atom stereocenters. The van der Waals surface area contributed by atoms with Crippen LogP contribution in [0.25, 0.3) is 0 Å². The van der Waals surface area contributed by atoms with E-state index in [1.165, 1.54) is 327 Å². The van der Waals surface area contributed by atoms with Crippen molar-refractivity contribution < 1.29 is 24.5 Å². The minimum absolute atomic E-state index is 0.0115. The van der Waals surface area contributed by atoms with Gasteiger partial charge in [0.1, 0.15) is 0 Å². The fourth-order valence-corrected chi connectivity index (χ4v) is 11.3. The van der Waals surface area contributed by atoms with Crippen LogP contribution in [0.4, 0.5) is 0 Å². The topological polar surface area (TPSA) is 95.9 Å². The molecule has 0 saturated heterocycles. The minimum atomic E-state index is -0.845. The maximum Gasteiger partial charge on any atom is 0.305 e. The van der Waals surface area contributed by atoms with Crippen LogP contribution in [0, 0.1) is 0 Å². The lowest BCUT2D eigenvalue weighted by Crippen LogP contribution is -2.45. The number of amides is 1. The van der Waals surface area contributed by atoms with Crippen LogP contribution >= 0.6 is 0 Å². The molecule has 0 saturated carbocycles. The maximum atomic E-state index is 12.5. The van der Waals surface area contributed by atoms with Crippen molar-refractivity contribution in [1.82, 2.24) is 5.32 Å². The molecule has 0 spiro atoms. The zero-order chi connectivity index (χ0) is 56.4. The lowest BCUT2D eigenvalue weighted by Gasteiger charge is -2.20. The summed E-state index contributed by atoms with van der Waals surface area (Å²) in [6.45, 7) is 4.94. The third-order valence-corrected chi connectivity index (χ3v) is 16.7. The fourth-order valence-electron chi connectivity index (χ4n) is 11.3. The molecule has 3 N–H and O–H groups in total. The Labute approximate surface area is 488 Å². The first kappa shape index (κ1) is 76.3. The SMILES string of the molecule is CCCCCCCC/C=C\CCCCCCCCCC(=O)OCCCCCCCCCCCCCCCCCCCCCCCCCC(=O)NC(CO)C(O)/C=C/CCCCCCCCCCCCCCCCCCCCC. The Balaban J connectivity index is 3.39. The molecule has 6 heteroatoms. The predicted octanol–water partition coefficient (Wildman–Crippen LogP) is 22.9. The van der Waals surface area contributed by atoms with E-state index in [0.29, 0.717) is 19.4 Å². The highest BCUT2D eigenvalue weighted by atomic mass is 16.5. The number of ether oxygens (including phenoxy) is 1. The monoisotopic (exact) mass is 1100 g/mol. The van der Waals surface area contributed by atoms with Crippen LogP contribution in [0.5, 0.6) is 0 Å². The van der Waals surface area contributed by atoms with Gasteiger partial charge in [-0.3, -0.25) is 9.59 Å². The van der Waals surface area contributed by atoms with Crippen LogP contribution in [-0.4, -0.2) is 47.4 Å². The van der Waals surface area contributed by atoms with Crippen LogP contribution in [0.2, 0.25) is 0 Å². The molecule has 0 fully saturated rings. The third kappa shape index (κ3) is 63.5. The summed E-state index contributed by atoms with van der Waals surface area (Å²) in [5, 5.41) is 23.3. The van der Waals surface area contributed by atoms with Crippen LogP contribution in [0.3, 0.4) is 0 Å². The fraction of sp³-hybridized carbons (Fsp3) is 0.917. The second kappa shape index (κ2) is 67.8. The number of carbonyl (C=O) groups is 2. The van der Waals surface area contributed by atoms with E-state index in [2.05, 4.69) is 31.3 Å². The quantitative estimate of drug-likeness (QED) is 0.0320. The Morgan fingerprint density at radius 2 is 0.603 bits per heavy atom. The van der Waals surface area contributed by atoms with Gasteiger partial charge >= 0.3 is 5.97 Å². The number of unbranched alkanes of at least 4 members (excludes halogenated alkanes) is 54. The average molecular weight is 1100 g/mol. The Morgan fingerprint density at radius 3 is 0.910 bits per heavy atom. The van der Waals surface area contributed by atoms with E-state index >= 15 is 0 Å². The minimum Gasteiger partial charge on any atom is -0.466 e. The molecule has 0 aliphatic carbocycles. The summed E-state index contributed by atoms with van der Waals surface area (Å²) < 4.78 is 5.50. The van der Waals surface area contributed by atoms with Gasteiger partial charge in [-0.15, -0.1) is 0 Å². The number of esters is 1. The smallest absolute Gasteiger partial charge is 0.305 e. The van der Waals surface area contributed by atoms with Crippen molar-refractivity contribution in [2.24, 2.45) is 0 Å². The van der Waals surface area contributed by atoms with Gasteiger partial charge in [-0.2, -0.15) is 0 Å². The first-order chi connectivity index (χ1) is 38.5. The number of hydrogen-bond donors (Lipinski definition) is 3. The van der Waals surface area contributed by atoms with Crippen molar-refractivity contribution >= 4 is 11.9 Å². The number of aliphatic hydroxyl groups excluding tert-OH is 2. The maximum absolute atomic E-state index is 12.5. The Hall–Kier alpha value is -1.66. The van der Waals surface area contributed by atoms with Gasteiger partial charge in [-0.1, -0.05) is 353 Å². The highest BCUT2D eigenvalue weighted by molar-refractivity contribution is 5.76. The molecular formula is C72H139NO5. The second-order valence-electron chi connectivity index (χ2n) is 24.6. The summed E-state index contributed by atoms with van der Waals surface area (Å²) in [4.78, 5) is 24.6. The Morgan fingerprint density at radius 1 is 0.346 bits per heavy atom. The highest BCUT2D eigenvalue weighted by Gasteiger charge is 2.18. The first-order valence-electron chi connectivity index (χ1n) is 35.6. The van der Waals surface area contributed by atoms with Crippen molar-refractivity contribution in [3.8, 4) is 0 Å². The van der Waals surface area contributed by atoms with E-state index in [1.807, 2.05) is 6.08 Å². The molecule has 0 aromatic carbocycles. The molecule has 0 radical (unpaired) electrons. The van der Waals surface area contributed by atoms with E-state index in [4.69, 9.17) is 4.74 Å². The molecule has 0 aromatic heterocycles. The molecule has 0 aliphatic heterocycles. The van der Waals surface area contributed by atoms with Gasteiger partial charge in [-0.25, -0.2) is 0 Å². The molecule has 2 atom stereocenters. The van der Waals surface area contributed by atoms with Gasteiger partial charge in [0.05, 0.1) is 25.4 Å². The van der Waals surface area contributed by atoms with Crippen molar-refractivity contribution in [1.29, 1.82) is 0 Å². The normalized spacial score (nSPS) is 12.6. The standard InChI is InChI=1S/C72H139NO5/c1-3-5-7-9-11-13-15-17-19-21-22-26-29-33-36-40-44-48-52-56-60-64-70(75)69(68-74)73-71(76)65-61-57-53-49-45-41-37-34-30-27-24-23-25-28-31-35-39-43-47-51-55-59-63-67-78-72(77)66-62-58-54-50-46-42-38-32-20-18-16-14-12-10-8-6-4-2/h18,20,60,64,69-70,74-75H,3-17,19,21-59,61-63,65-68H2,1-2H3,(H,73,76)/b20-18-,64-60+. The summed E-state index contributed by atoms with van der Waals surface area (Å²) in [5.41, 5.74) is 0. The van der Waals surface area contributed by atoms with Crippen molar-refractivity contribution in [2.75, 3.05) is 13.2 Å². The highest BCUT2D eigenvalue weighted by Crippen LogP contribution is 2.19. The zero-order valence-electron chi connectivity index (χ0n) is 52.9. The molecular weight excluding hydrogens is 959 g/mol. The van der Waals surface area contributed by atoms with Crippen molar-refractivity contribution in [2.45, 2.75) is 411 Å². The zero-order valence-corrected chi connectivity index (χ0v) is 52.9. The average Bonchev–Trinajstić information content (AvgIpc) is 3.44. The summed E-state index contributed by atoms with van der Waals surface area (Å²) in [6, 6.07) is -0.628. The van der Waals surface area contributed by atoms with E-state index in [1.54, 1.807) is 6.08 Å². The van der Waals surface area contributed by atoms with E-state index in [9.17, 15) is 19.8 Å². The third-order valence-electron chi connectivity index (χ3n) is 16.7. The van der Waals surface area contributed by atoms with Crippen molar-refractivity contribution in [3.63, 3.8) is 0 Å². The number of nitrogens with one attached hydrogen (secondary N) is 1. The summed E-state index contributed by atoms with van der Waals surface area (Å²) in [7, 11) is 0. The Bertz CT molecular complexity index is 1220. The van der Waals surface area contributed by atoms with Gasteiger partial charge in [0.15, 0.2) is 0 Å². The number of allylic oxidation sites excluding steroid dienone is 3. The molecule has 462 valence electrons. The van der Waals surface area contributed by atoms with Crippen LogP contribution in [-0.2, 0) is 14.3 Å². The predicted molar refractivity (Wildman–Crippen MR) is 343 cm³/mol. The Kier molecular flexibility index (Phi) is 66.4. The van der Waals surface area contributed by atoms with Crippen LogP contribution in [0.1, 0.15) is 399 Å². The number of aliphatic hydroxyl groups is 2. The van der Waals surface area contributed by atoms with Gasteiger partial charge in [-0.05, 0) is 57.8 Å². The number of rotatable bonds is 67. The first-order valence-corrected chi connectivity index (χ1v) is 35.6. The van der Waals surface area contributed by atoms with Gasteiger partial charge in [0.2, 0.25) is 5.91 Å². The lowest BCUT2D eigenvalue weighted by molar-refractivity contribution is -0.143. The van der Waals surface area contributed by atoms with Gasteiger partial charge < -0.3 is 20.3 Å². The van der Waals surface area contributed by atoms with E-state index < -0.39 is 12.1 Å². The molecule has 1 amide bonds. The van der Waals surface area contributed by atoms with Gasteiger partial charge in [0.25, 0.3) is 0 Å². The molecule has 6 nitrogen and oxygen atoms in total. The number of carbonyl (C=O) groups excluding carboxylic acids is 2. The van der Waals surface area contributed by atoms with Crippen molar-refractivity contribution in [3.05, 3.63) is 24.3 Å².